The molecule has 2 aromatic heterocycles. The molecule has 0 radical (unpaired) electrons. The Morgan fingerprint density at radius 2 is 2.40 bits per heavy atom. The summed E-state index contributed by atoms with van der Waals surface area (Å²) < 4.78 is 1.17. The van der Waals surface area contributed by atoms with Gasteiger partial charge in [-0.3, -0.25) is 14.7 Å². The topological polar surface area (TPSA) is 103 Å². The second-order valence-corrected chi connectivity index (χ2v) is 4.64. The molecule has 0 atom stereocenters. The van der Waals surface area contributed by atoms with E-state index >= 15 is 0 Å². The van der Waals surface area contributed by atoms with Gasteiger partial charge in [0.05, 0.1) is 6.42 Å². The third kappa shape index (κ3) is 2.53. The quantitative estimate of drug-likeness (QED) is 0.678. The van der Waals surface area contributed by atoms with Gasteiger partial charge in [0.25, 0.3) is 5.56 Å². The van der Waals surface area contributed by atoms with Gasteiger partial charge in [-0.2, -0.15) is 17.9 Å². The lowest BCUT2D eigenvalue weighted by atomic mass is 10.1. The second kappa shape index (κ2) is 5.79. The van der Waals surface area contributed by atoms with Crippen LogP contribution in [0, 0.1) is 18.3 Å². The highest BCUT2D eigenvalue weighted by molar-refractivity contribution is 7.80. The van der Waals surface area contributed by atoms with E-state index < -0.39 is 0 Å². The molecule has 2 aromatic rings. The minimum Gasteiger partial charge on any atom is -0.355 e. The summed E-state index contributed by atoms with van der Waals surface area (Å²) >= 11 is 4.00. The first-order valence-electron chi connectivity index (χ1n) is 5.95. The van der Waals surface area contributed by atoms with E-state index in [9.17, 15) is 9.59 Å². The molecule has 0 unspecified atom stereocenters. The van der Waals surface area contributed by atoms with Crippen LogP contribution in [0.2, 0.25) is 0 Å². The van der Waals surface area contributed by atoms with E-state index in [-0.39, 0.29) is 29.1 Å². The zero-order chi connectivity index (χ0) is 14.7. The summed E-state index contributed by atoms with van der Waals surface area (Å²) in [6, 6.07) is 1.95. The number of H-pyrrole nitrogens is 1. The van der Waals surface area contributed by atoms with Crippen LogP contribution >= 0.6 is 12.6 Å². The smallest absolute Gasteiger partial charge is 0.276 e. The number of nitriles is 1. The molecule has 1 amide bonds. The molecular weight excluding hydrogens is 278 g/mol. The number of thiol groups is 1. The highest BCUT2D eigenvalue weighted by Crippen LogP contribution is 2.08. The molecule has 7 nitrogen and oxygen atoms in total. The number of rotatable bonds is 4. The Kier molecular flexibility index (Phi) is 4.10. The molecule has 0 saturated carbocycles. The molecule has 20 heavy (non-hydrogen) atoms. The van der Waals surface area contributed by atoms with Crippen molar-refractivity contribution in [3.05, 3.63) is 33.4 Å². The van der Waals surface area contributed by atoms with E-state index in [0.29, 0.717) is 23.6 Å². The Bertz CT molecular complexity index is 756. The largest absolute Gasteiger partial charge is 0.355 e. The fourth-order valence-corrected chi connectivity index (χ4v) is 1.97. The average molecular weight is 291 g/mol. The summed E-state index contributed by atoms with van der Waals surface area (Å²) in [5.41, 5.74) is 0.957. The zero-order valence-corrected chi connectivity index (χ0v) is 11.7. The molecule has 0 aliphatic carbocycles. The van der Waals surface area contributed by atoms with Crippen LogP contribution in [-0.2, 0) is 11.2 Å². The van der Waals surface area contributed by atoms with Crippen LogP contribution in [0.15, 0.2) is 11.0 Å². The number of aromatic nitrogens is 3. The summed E-state index contributed by atoms with van der Waals surface area (Å²) in [6.07, 6.45) is 1.36. The maximum Gasteiger partial charge on any atom is 0.276 e. The molecule has 2 heterocycles. The van der Waals surface area contributed by atoms with Gasteiger partial charge in [-0.05, 0) is 6.92 Å². The van der Waals surface area contributed by atoms with Gasteiger partial charge in [0.1, 0.15) is 11.6 Å². The number of amides is 1. The Balaban J connectivity index is 2.43. The molecule has 0 saturated heterocycles. The van der Waals surface area contributed by atoms with Crippen LogP contribution in [0.3, 0.4) is 0 Å². The van der Waals surface area contributed by atoms with Crippen LogP contribution in [0.4, 0.5) is 0 Å². The molecule has 0 bridgehead atoms. The summed E-state index contributed by atoms with van der Waals surface area (Å²) in [5.74, 6) is 0.274. The maximum absolute atomic E-state index is 12.3. The van der Waals surface area contributed by atoms with Crippen molar-refractivity contribution in [3.8, 4) is 6.07 Å². The molecule has 8 heteroatoms. The predicted octanol–water partition coefficient (Wildman–Crippen LogP) is -0.209. The highest BCUT2D eigenvalue weighted by Gasteiger charge is 2.16. The van der Waals surface area contributed by atoms with Crippen LogP contribution in [0.1, 0.15) is 16.8 Å². The monoisotopic (exact) mass is 291 g/mol. The van der Waals surface area contributed by atoms with Crippen molar-refractivity contribution in [2.75, 3.05) is 12.3 Å². The normalized spacial score (nSPS) is 10.4. The molecular formula is C12H13N5O2S. The number of nitrogens with zero attached hydrogens (tertiary/aromatic N) is 3. The lowest BCUT2D eigenvalue weighted by Crippen LogP contribution is -2.31. The number of fused-ring (bicyclic) bond motifs is 1. The van der Waals surface area contributed by atoms with Gasteiger partial charge >= 0.3 is 0 Å². The average Bonchev–Trinajstić information content (AvgIpc) is 2.84. The van der Waals surface area contributed by atoms with E-state index in [1.807, 2.05) is 6.07 Å². The van der Waals surface area contributed by atoms with Crippen molar-refractivity contribution in [3.63, 3.8) is 0 Å². The molecule has 104 valence electrons. The third-order valence-electron chi connectivity index (χ3n) is 2.85. The summed E-state index contributed by atoms with van der Waals surface area (Å²) in [4.78, 5) is 28.2. The number of nitrogens with one attached hydrogen (secondary N) is 2. The Morgan fingerprint density at radius 1 is 1.65 bits per heavy atom. The van der Waals surface area contributed by atoms with Gasteiger partial charge in [-0.25, -0.2) is 9.50 Å². The number of carbonyl (C=O) groups is 1. The van der Waals surface area contributed by atoms with Crippen molar-refractivity contribution in [2.24, 2.45) is 0 Å². The van der Waals surface area contributed by atoms with Crippen LogP contribution in [0.5, 0.6) is 0 Å². The predicted molar refractivity (Wildman–Crippen MR) is 75.8 cm³/mol. The van der Waals surface area contributed by atoms with Crippen LogP contribution in [-0.4, -0.2) is 32.8 Å². The number of carbonyl (C=O) groups excluding carboxylic acids is 1. The van der Waals surface area contributed by atoms with Crippen molar-refractivity contribution < 1.29 is 4.79 Å². The summed E-state index contributed by atoms with van der Waals surface area (Å²) in [5, 5.41) is 14.2. The minimum absolute atomic E-state index is 0.0463. The zero-order valence-electron chi connectivity index (χ0n) is 10.8. The number of aryl methyl sites for hydroxylation is 1. The molecule has 2 rings (SSSR count). The van der Waals surface area contributed by atoms with E-state index in [2.05, 4.69) is 28.0 Å². The Morgan fingerprint density at radius 3 is 3.05 bits per heavy atom. The first-order chi connectivity index (χ1) is 9.58. The number of aromatic amines is 1. The van der Waals surface area contributed by atoms with E-state index in [1.54, 1.807) is 6.92 Å². The maximum atomic E-state index is 12.3. The lowest BCUT2D eigenvalue weighted by Gasteiger charge is -2.06. The fraction of sp³-hybridized carbons (Fsp3) is 0.333. The van der Waals surface area contributed by atoms with Crippen LogP contribution in [0.25, 0.3) is 5.65 Å². The van der Waals surface area contributed by atoms with Gasteiger partial charge in [0.2, 0.25) is 5.91 Å². The van der Waals surface area contributed by atoms with Crippen molar-refractivity contribution in [1.82, 2.24) is 19.9 Å². The molecule has 0 fully saturated rings. The van der Waals surface area contributed by atoms with Crippen LogP contribution < -0.4 is 10.9 Å². The van der Waals surface area contributed by atoms with Crippen molar-refractivity contribution >= 4 is 24.2 Å². The van der Waals surface area contributed by atoms with E-state index in [4.69, 9.17) is 5.26 Å². The fourth-order valence-electron chi connectivity index (χ4n) is 1.86. The molecule has 0 aliphatic heterocycles. The number of hydrogen-bond acceptors (Lipinski definition) is 5. The first-order valence-corrected chi connectivity index (χ1v) is 6.59. The van der Waals surface area contributed by atoms with Gasteiger partial charge in [-0.15, -0.1) is 0 Å². The van der Waals surface area contributed by atoms with Crippen molar-refractivity contribution in [1.29, 1.82) is 5.26 Å². The minimum atomic E-state index is -0.366. The summed E-state index contributed by atoms with van der Waals surface area (Å²) in [7, 11) is 0. The second-order valence-electron chi connectivity index (χ2n) is 4.19. The van der Waals surface area contributed by atoms with Crippen molar-refractivity contribution in [2.45, 2.75) is 13.3 Å². The Hall–Kier alpha value is -2.27. The number of hydrogen-bond donors (Lipinski definition) is 3. The highest BCUT2D eigenvalue weighted by atomic mass is 32.1. The lowest BCUT2D eigenvalue weighted by molar-refractivity contribution is -0.120. The SMILES string of the molecule is Cc1nc2c(C#N)c[nH]n2c(=O)c1CC(=O)NCCS. The first kappa shape index (κ1) is 14.1. The van der Waals surface area contributed by atoms with E-state index in [1.165, 1.54) is 10.7 Å². The molecule has 0 spiro atoms. The third-order valence-corrected chi connectivity index (χ3v) is 3.08. The van der Waals surface area contributed by atoms with Gasteiger partial charge in [0, 0.05) is 29.8 Å². The van der Waals surface area contributed by atoms with E-state index in [0.717, 1.165) is 0 Å². The molecule has 2 N–H and O–H groups in total. The standard InChI is InChI=1S/C12H13N5O2S/c1-7-9(4-10(18)14-2-3-20)12(19)17-11(16-7)8(5-13)6-15-17/h6,15,20H,2-4H2,1H3,(H,14,18). The Labute approximate surface area is 120 Å². The van der Waals surface area contributed by atoms with Gasteiger partial charge < -0.3 is 5.32 Å². The van der Waals surface area contributed by atoms with Gasteiger partial charge in [0.15, 0.2) is 5.65 Å². The summed E-state index contributed by atoms with van der Waals surface area (Å²) in [6.45, 7) is 2.09. The molecule has 0 aliphatic rings. The molecule has 0 aromatic carbocycles. The van der Waals surface area contributed by atoms with Gasteiger partial charge in [-0.1, -0.05) is 0 Å².